The summed E-state index contributed by atoms with van der Waals surface area (Å²) in [5, 5.41) is 0. The zero-order valence-electron chi connectivity index (χ0n) is 10.2. The van der Waals surface area contributed by atoms with E-state index >= 15 is 0 Å². The van der Waals surface area contributed by atoms with Crippen LogP contribution >= 0.6 is 15.9 Å². The molecule has 0 aliphatic carbocycles. The van der Waals surface area contributed by atoms with Gasteiger partial charge in [-0.05, 0) is 28.8 Å². The van der Waals surface area contributed by atoms with Crippen molar-refractivity contribution in [2.75, 3.05) is 25.1 Å². The van der Waals surface area contributed by atoms with Crippen LogP contribution in [0.15, 0.2) is 10.7 Å². The predicted molar refractivity (Wildman–Crippen MR) is 67.3 cm³/mol. The lowest BCUT2D eigenvalue weighted by Crippen LogP contribution is -2.42. The summed E-state index contributed by atoms with van der Waals surface area (Å²) in [4.78, 5) is 9.71. The Bertz CT molecular complexity index is 455. The molecule has 2 heterocycles. The summed E-state index contributed by atoms with van der Waals surface area (Å²) < 4.78 is 43.8. The zero-order chi connectivity index (χ0) is 14.0. The van der Waals surface area contributed by atoms with Gasteiger partial charge < -0.3 is 9.64 Å². The largest absolute Gasteiger partial charge is 0.480 e. The van der Waals surface area contributed by atoms with Gasteiger partial charge in [0.2, 0.25) is 11.8 Å². The van der Waals surface area contributed by atoms with E-state index in [4.69, 9.17) is 4.74 Å². The Morgan fingerprint density at radius 1 is 1.47 bits per heavy atom. The first-order valence-corrected chi connectivity index (χ1v) is 6.59. The van der Waals surface area contributed by atoms with E-state index in [2.05, 4.69) is 25.9 Å². The minimum Gasteiger partial charge on any atom is -0.480 e. The van der Waals surface area contributed by atoms with Gasteiger partial charge in [-0.1, -0.05) is 0 Å². The number of halogens is 4. The van der Waals surface area contributed by atoms with E-state index in [1.165, 1.54) is 13.3 Å². The quantitative estimate of drug-likeness (QED) is 0.830. The van der Waals surface area contributed by atoms with Crippen molar-refractivity contribution in [1.82, 2.24) is 9.97 Å². The predicted octanol–water partition coefficient (Wildman–Crippen LogP) is 3.03. The second kappa shape index (κ2) is 5.52. The van der Waals surface area contributed by atoms with E-state index in [1.54, 1.807) is 4.90 Å². The van der Waals surface area contributed by atoms with Crippen molar-refractivity contribution in [3.63, 3.8) is 0 Å². The lowest BCUT2D eigenvalue weighted by Gasteiger charge is -2.33. The topological polar surface area (TPSA) is 38.2 Å². The van der Waals surface area contributed by atoms with Crippen LogP contribution in [0, 0.1) is 5.92 Å². The Morgan fingerprint density at radius 2 is 2.21 bits per heavy atom. The molecule has 1 aliphatic rings. The number of hydrogen-bond donors (Lipinski definition) is 0. The summed E-state index contributed by atoms with van der Waals surface area (Å²) >= 11 is 3.21. The van der Waals surface area contributed by atoms with Gasteiger partial charge in [-0.2, -0.15) is 18.2 Å². The third-order valence-corrected chi connectivity index (χ3v) is 3.60. The van der Waals surface area contributed by atoms with Gasteiger partial charge in [0.1, 0.15) is 0 Å². The smallest absolute Gasteiger partial charge is 0.393 e. The second-order valence-electron chi connectivity index (χ2n) is 4.35. The van der Waals surface area contributed by atoms with E-state index < -0.39 is 12.1 Å². The summed E-state index contributed by atoms with van der Waals surface area (Å²) in [6, 6.07) is 0. The molecule has 19 heavy (non-hydrogen) atoms. The molecule has 2 rings (SSSR count). The summed E-state index contributed by atoms with van der Waals surface area (Å²) in [5.74, 6) is -0.729. The summed E-state index contributed by atoms with van der Waals surface area (Å²) in [7, 11) is 1.45. The van der Waals surface area contributed by atoms with E-state index in [-0.39, 0.29) is 18.9 Å². The average molecular weight is 340 g/mol. The number of aromatic nitrogens is 2. The first kappa shape index (κ1) is 14.4. The number of ether oxygens (including phenoxy) is 1. The fourth-order valence-electron chi connectivity index (χ4n) is 2.06. The number of piperidine rings is 1. The molecule has 1 aromatic heterocycles. The van der Waals surface area contributed by atoms with E-state index in [0.29, 0.717) is 23.3 Å². The number of hydrogen-bond acceptors (Lipinski definition) is 4. The number of rotatable bonds is 2. The average Bonchev–Trinajstić information content (AvgIpc) is 2.38. The molecule has 0 spiro atoms. The van der Waals surface area contributed by atoms with Gasteiger partial charge in [0, 0.05) is 13.1 Å². The van der Waals surface area contributed by atoms with E-state index in [1.807, 2.05) is 0 Å². The maximum absolute atomic E-state index is 12.7. The first-order chi connectivity index (χ1) is 8.91. The van der Waals surface area contributed by atoms with Crippen LogP contribution in [0.4, 0.5) is 19.1 Å². The summed E-state index contributed by atoms with van der Waals surface area (Å²) in [6.07, 6.45) is -2.05. The first-order valence-electron chi connectivity index (χ1n) is 5.80. The second-order valence-corrected chi connectivity index (χ2v) is 5.21. The molecule has 1 fully saturated rings. The maximum Gasteiger partial charge on any atom is 0.393 e. The molecule has 8 heteroatoms. The Hall–Kier alpha value is -1.05. The van der Waals surface area contributed by atoms with Gasteiger partial charge in [0.15, 0.2) is 0 Å². The number of alkyl halides is 3. The van der Waals surface area contributed by atoms with Gasteiger partial charge >= 0.3 is 6.18 Å². The van der Waals surface area contributed by atoms with Crippen LogP contribution in [0.1, 0.15) is 12.8 Å². The molecular weight excluding hydrogens is 327 g/mol. The van der Waals surface area contributed by atoms with Crippen LogP contribution in [0.2, 0.25) is 0 Å². The molecule has 0 saturated carbocycles. The third-order valence-electron chi connectivity index (χ3n) is 3.06. The fraction of sp³-hybridized carbons (Fsp3) is 0.636. The summed E-state index contributed by atoms with van der Waals surface area (Å²) in [5.41, 5.74) is 0. The highest BCUT2D eigenvalue weighted by molar-refractivity contribution is 9.10. The Kier molecular flexibility index (Phi) is 4.17. The maximum atomic E-state index is 12.7. The molecule has 1 aliphatic heterocycles. The standard InChI is InChI=1S/C11H13BrF3N3O/c1-19-9-8(12)5-16-10(17-9)18-4-2-3-7(6-18)11(13,14)15/h5,7H,2-4,6H2,1H3. The highest BCUT2D eigenvalue weighted by Gasteiger charge is 2.42. The van der Waals surface area contributed by atoms with Crippen LogP contribution in [0.3, 0.4) is 0 Å². The van der Waals surface area contributed by atoms with Crippen molar-refractivity contribution >= 4 is 21.9 Å². The molecule has 0 aromatic carbocycles. The fourth-order valence-corrected chi connectivity index (χ4v) is 2.42. The monoisotopic (exact) mass is 339 g/mol. The molecule has 1 unspecified atom stereocenters. The van der Waals surface area contributed by atoms with Crippen molar-refractivity contribution in [3.8, 4) is 5.88 Å². The molecule has 0 bridgehead atoms. The lowest BCUT2D eigenvalue weighted by atomic mass is 9.98. The molecule has 1 atom stereocenters. The zero-order valence-corrected chi connectivity index (χ0v) is 11.8. The van der Waals surface area contributed by atoms with Crippen LogP contribution in [0.5, 0.6) is 5.88 Å². The molecule has 106 valence electrons. The summed E-state index contributed by atoms with van der Waals surface area (Å²) in [6.45, 7) is 0.422. The van der Waals surface area contributed by atoms with Gasteiger partial charge in [0.05, 0.1) is 23.7 Å². The molecule has 0 radical (unpaired) electrons. The minimum absolute atomic E-state index is 0.103. The van der Waals surface area contributed by atoms with Gasteiger partial charge in [-0.25, -0.2) is 4.98 Å². The lowest BCUT2D eigenvalue weighted by molar-refractivity contribution is -0.176. The molecule has 1 aromatic rings. The highest BCUT2D eigenvalue weighted by atomic mass is 79.9. The van der Waals surface area contributed by atoms with Crippen molar-refractivity contribution in [3.05, 3.63) is 10.7 Å². The van der Waals surface area contributed by atoms with Crippen LogP contribution in [0.25, 0.3) is 0 Å². The molecule has 1 saturated heterocycles. The van der Waals surface area contributed by atoms with Gasteiger partial charge in [-0.3, -0.25) is 0 Å². The van der Waals surface area contributed by atoms with Crippen molar-refractivity contribution in [2.45, 2.75) is 19.0 Å². The SMILES string of the molecule is COc1nc(N2CCCC(C(F)(F)F)C2)ncc1Br. The molecule has 0 N–H and O–H groups in total. The van der Waals surface area contributed by atoms with E-state index in [0.717, 1.165) is 0 Å². The van der Waals surface area contributed by atoms with Gasteiger partial charge in [0.25, 0.3) is 0 Å². The van der Waals surface area contributed by atoms with E-state index in [9.17, 15) is 13.2 Å². The van der Waals surface area contributed by atoms with Gasteiger partial charge in [-0.15, -0.1) is 0 Å². The minimum atomic E-state index is -4.17. The molecule has 0 amide bonds. The number of nitrogens with zero attached hydrogens (tertiary/aromatic N) is 3. The number of anilines is 1. The van der Waals surface area contributed by atoms with Crippen molar-refractivity contribution in [1.29, 1.82) is 0 Å². The molecular formula is C11H13BrF3N3O. The van der Waals surface area contributed by atoms with Crippen LogP contribution < -0.4 is 9.64 Å². The Balaban J connectivity index is 2.17. The Morgan fingerprint density at radius 3 is 2.84 bits per heavy atom. The number of methoxy groups -OCH3 is 1. The van der Waals surface area contributed by atoms with Crippen molar-refractivity contribution < 1.29 is 17.9 Å². The normalized spacial score (nSPS) is 20.5. The molecule has 4 nitrogen and oxygen atoms in total. The highest BCUT2D eigenvalue weighted by Crippen LogP contribution is 2.34. The van der Waals surface area contributed by atoms with Crippen LogP contribution in [-0.2, 0) is 0 Å². The van der Waals surface area contributed by atoms with Crippen molar-refractivity contribution in [2.24, 2.45) is 5.92 Å². The third kappa shape index (κ3) is 3.29. The Labute approximate surface area is 117 Å². The van der Waals surface area contributed by atoms with Crippen LogP contribution in [-0.4, -0.2) is 36.3 Å².